The topological polar surface area (TPSA) is 15.3 Å². The van der Waals surface area contributed by atoms with E-state index in [4.69, 9.17) is 0 Å². The quantitative estimate of drug-likeness (QED) is 0.625. The van der Waals surface area contributed by atoms with Crippen molar-refractivity contribution in [3.05, 3.63) is 0 Å². The van der Waals surface area contributed by atoms with E-state index in [2.05, 4.69) is 5.32 Å². The summed E-state index contributed by atoms with van der Waals surface area (Å²) >= 11 is 0. The van der Waals surface area contributed by atoms with E-state index in [0.29, 0.717) is 12.6 Å². The average Bonchev–Trinajstić information content (AvgIpc) is 2.64. The highest BCUT2D eigenvalue weighted by molar-refractivity contribution is 4.93. The SMILES string of the molecule is CN1CC(F)C(NC2CC2)C1. The van der Waals surface area contributed by atoms with Crippen LogP contribution in [0.1, 0.15) is 12.8 Å². The molecule has 0 bridgehead atoms. The molecule has 2 unspecified atom stereocenters. The zero-order valence-corrected chi connectivity index (χ0v) is 6.89. The Morgan fingerprint density at radius 2 is 2.09 bits per heavy atom. The van der Waals surface area contributed by atoms with Crippen LogP contribution in [0.2, 0.25) is 0 Å². The van der Waals surface area contributed by atoms with Gasteiger partial charge < -0.3 is 10.2 Å². The Bertz CT molecular complexity index is 147. The van der Waals surface area contributed by atoms with Crippen molar-refractivity contribution in [1.29, 1.82) is 0 Å². The summed E-state index contributed by atoms with van der Waals surface area (Å²) in [5.74, 6) is 0. The van der Waals surface area contributed by atoms with Crippen molar-refractivity contribution < 1.29 is 4.39 Å². The first-order valence-electron chi connectivity index (χ1n) is 4.34. The summed E-state index contributed by atoms with van der Waals surface area (Å²) in [7, 11) is 1.97. The molecule has 3 heteroatoms. The van der Waals surface area contributed by atoms with Crippen LogP contribution in [0, 0.1) is 0 Å². The van der Waals surface area contributed by atoms with Crippen molar-refractivity contribution in [3.8, 4) is 0 Å². The summed E-state index contributed by atoms with van der Waals surface area (Å²) in [6.07, 6.45) is 1.83. The Morgan fingerprint density at radius 1 is 1.36 bits per heavy atom. The number of nitrogens with zero attached hydrogens (tertiary/aromatic N) is 1. The van der Waals surface area contributed by atoms with Crippen molar-refractivity contribution in [2.75, 3.05) is 20.1 Å². The van der Waals surface area contributed by atoms with Gasteiger partial charge in [0, 0.05) is 19.1 Å². The fourth-order valence-electron chi connectivity index (χ4n) is 1.66. The van der Waals surface area contributed by atoms with Crippen molar-refractivity contribution in [2.24, 2.45) is 0 Å². The molecule has 0 spiro atoms. The average molecular weight is 158 g/mol. The predicted octanol–water partition coefficient (Wildman–Crippen LogP) is 0.390. The van der Waals surface area contributed by atoms with Crippen molar-refractivity contribution in [1.82, 2.24) is 10.2 Å². The van der Waals surface area contributed by atoms with Gasteiger partial charge in [0.1, 0.15) is 6.17 Å². The number of nitrogens with one attached hydrogen (secondary N) is 1. The van der Waals surface area contributed by atoms with Crippen LogP contribution in [0.25, 0.3) is 0 Å². The van der Waals surface area contributed by atoms with Gasteiger partial charge in [-0.15, -0.1) is 0 Å². The summed E-state index contributed by atoms with van der Waals surface area (Å²) in [5.41, 5.74) is 0. The van der Waals surface area contributed by atoms with Gasteiger partial charge in [-0.25, -0.2) is 4.39 Å². The Morgan fingerprint density at radius 3 is 2.55 bits per heavy atom. The lowest BCUT2D eigenvalue weighted by atomic mass is 10.2. The number of halogens is 1. The second-order valence-electron chi connectivity index (χ2n) is 3.78. The van der Waals surface area contributed by atoms with Gasteiger partial charge in [0.05, 0.1) is 6.04 Å². The molecule has 1 N–H and O–H groups in total. The Hall–Kier alpha value is -0.150. The zero-order chi connectivity index (χ0) is 7.84. The fraction of sp³-hybridized carbons (Fsp3) is 1.00. The summed E-state index contributed by atoms with van der Waals surface area (Å²) in [6.45, 7) is 1.47. The van der Waals surface area contributed by atoms with Crippen LogP contribution in [0.15, 0.2) is 0 Å². The minimum Gasteiger partial charge on any atom is -0.307 e. The summed E-state index contributed by atoms with van der Waals surface area (Å²) in [5, 5.41) is 3.32. The van der Waals surface area contributed by atoms with Crippen LogP contribution in [-0.4, -0.2) is 43.3 Å². The van der Waals surface area contributed by atoms with Gasteiger partial charge in [0.2, 0.25) is 0 Å². The van der Waals surface area contributed by atoms with Crippen LogP contribution < -0.4 is 5.32 Å². The zero-order valence-electron chi connectivity index (χ0n) is 6.89. The molecular formula is C8H15FN2. The minimum absolute atomic E-state index is 0.104. The van der Waals surface area contributed by atoms with Crippen molar-refractivity contribution in [3.63, 3.8) is 0 Å². The largest absolute Gasteiger partial charge is 0.307 e. The standard InChI is InChI=1S/C8H15FN2/c1-11-4-7(9)8(5-11)10-6-2-3-6/h6-8,10H,2-5H2,1H3. The van der Waals surface area contributed by atoms with Gasteiger partial charge in [-0.05, 0) is 19.9 Å². The molecule has 2 atom stereocenters. The van der Waals surface area contributed by atoms with Gasteiger partial charge in [0.15, 0.2) is 0 Å². The van der Waals surface area contributed by atoms with Crippen LogP contribution in [0.4, 0.5) is 4.39 Å². The lowest BCUT2D eigenvalue weighted by Gasteiger charge is -2.12. The minimum atomic E-state index is -0.652. The van der Waals surface area contributed by atoms with Crippen molar-refractivity contribution in [2.45, 2.75) is 31.1 Å². The van der Waals surface area contributed by atoms with Crippen LogP contribution in [0.5, 0.6) is 0 Å². The van der Waals surface area contributed by atoms with E-state index in [-0.39, 0.29) is 6.04 Å². The van der Waals surface area contributed by atoms with Gasteiger partial charge >= 0.3 is 0 Å². The van der Waals surface area contributed by atoms with Crippen molar-refractivity contribution >= 4 is 0 Å². The highest BCUT2D eigenvalue weighted by Gasteiger charge is 2.34. The Balaban J connectivity index is 1.82. The molecule has 1 saturated carbocycles. The smallest absolute Gasteiger partial charge is 0.129 e. The van der Waals surface area contributed by atoms with E-state index in [1.165, 1.54) is 12.8 Å². The normalized spacial score (nSPS) is 39.8. The lowest BCUT2D eigenvalue weighted by molar-refractivity contribution is 0.289. The molecule has 1 aliphatic carbocycles. The summed E-state index contributed by atoms with van der Waals surface area (Å²) in [4.78, 5) is 2.05. The van der Waals surface area contributed by atoms with E-state index in [1.54, 1.807) is 0 Å². The first kappa shape index (κ1) is 7.50. The molecule has 0 radical (unpaired) electrons. The number of hydrogen-bond acceptors (Lipinski definition) is 2. The monoisotopic (exact) mass is 158 g/mol. The van der Waals surface area contributed by atoms with Crippen LogP contribution in [0.3, 0.4) is 0 Å². The molecule has 64 valence electrons. The molecule has 2 rings (SSSR count). The number of alkyl halides is 1. The molecular weight excluding hydrogens is 143 g/mol. The maximum absolute atomic E-state index is 13.1. The molecule has 2 nitrogen and oxygen atoms in total. The maximum Gasteiger partial charge on any atom is 0.129 e. The first-order chi connectivity index (χ1) is 5.25. The van der Waals surface area contributed by atoms with Gasteiger partial charge in [0.25, 0.3) is 0 Å². The van der Waals surface area contributed by atoms with Gasteiger partial charge in [-0.1, -0.05) is 0 Å². The summed E-state index contributed by atoms with van der Waals surface area (Å²) < 4.78 is 13.1. The van der Waals surface area contributed by atoms with Crippen LogP contribution >= 0.6 is 0 Å². The highest BCUT2D eigenvalue weighted by atomic mass is 19.1. The molecule has 11 heavy (non-hydrogen) atoms. The third-order valence-electron chi connectivity index (χ3n) is 2.46. The second kappa shape index (κ2) is 2.72. The molecule has 0 aromatic rings. The fourth-order valence-corrected chi connectivity index (χ4v) is 1.66. The Labute approximate surface area is 66.8 Å². The lowest BCUT2D eigenvalue weighted by Crippen LogP contribution is -2.38. The molecule has 1 aliphatic heterocycles. The highest BCUT2D eigenvalue weighted by Crippen LogP contribution is 2.22. The number of rotatable bonds is 2. The molecule has 0 amide bonds. The third-order valence-corrected chi connectivity index (χ3v) is 2.46. The van der Waals surface area contributed by atoms with E-state index < -0.39 is 6.17 Å². The number of likely N-dealkylation sites (tertiary alicyclic amines) is 1. The molecule has 1 saturated heterocycles. The third kappa shape index (κ3) is 1.71. The molecule has 0 aromatic carbocycles. The van der Waals surface area contributed by atoms with Crippen LogP contribution in [-0.2, 0) is 0 Å². The van der Waals surface area contributed by atoms with Gasteiger partial charge in [-0.3, -0.25) is 0 Å². The first-order valence-corrected chi connectivity index (χ1v) is 4.34. The molecule has 0 aromatic heterocycles. The number of hydrogen-bond donors (Lipinski definition) is 1. The Kier molecular flexibility index (Phi) is 1.85. The summed E-state index contributed by atoms with van der Waals surface area (Å²) in [6, 6.07) is 0.734. The second-order valence-corrected chi connectivity index (χ2v) is 3.78. The van der Waals surface area contributed by atoms with E-state index in [0.717, 1.165) is 6.54 Å². The molecule has 2 fully saturated rings. The van der Waals surface area contributed by atoms with E-state index in [9.17, 15) is 4.39 Å². The van der Waals surface area contributed by atoms with Gasteiger partial charge in [-0.2, -0.15) is 0 Å². The molecule has 1 heterocycles. The molecule has 2 aliphatic rings. The predicted molar refractivity (Wildman–Crippen MR) is 42.3 cm³/mol. The van der Waals surface area contributed by atoms with E-state index >= 15 is 0 Å². The number of likely N-dealkylation sites (N-methyl/N-ethyl adjacent to an activating group) is 1. The van der Waals surface area contributed by atoms with E-state index in [1.807, 2.05) is 11.9 Å². The maximum atomic E-state index is 13.1.